The van der Waals surface area contributed by atoms with Crippen LogP contribution in [-0.4, -0.2) is 31.5 Å². The van der Waals surface area contributed by atoms with Crippen molar-refractivity contribution < 1.29 is 9.53 Å². The lowest BCUT2D eigenvalue weighted by molar-refractivity contribution is -0.125. The van der Waals surface area contributed by atoms with Crippen molar-refractivity contribution in [2.24, 2.45) is 17.8 Å². The fourth-order valence-corrected chi connectivity index (χ4v) is 2.92. The lowest BCUT2D eigenvalue weighted by atomic mass is 10.0. The van der Waals surface area contributed by atoms with Crippen LogP contribution < -0.4 is 5.32 Å². The van der Waals surface area contributed by atoms with E-state index >= 15 is 0 Å². The molecular weight excluding hydrogens is 226 g/mol. The van der Waals surface area contributed by atoms with Crippen LogP contribution in [0.4, 0.5) is 0 Å². The molecule has 4 heteroatoms. The first kappa shape index (κ1) is 12.2. The summed E-state index contributed by atoms with van der Waals surface area (Å²) < 4.78 is 4.94. The van der Waals surface area contributed by atoms with Crippen LogP contribution in [0.3, 0.4) is 0 Å². The van der Waals surface area contributed by atoms with Crippen LogP contribution in [0, 0.1) is 17.8 Å². The van der Waals surface area contributed by atoms with Gasteiger partial charge in [-0.05, 0) is 37.5 Å². The summed E-state index contributed by atoms with van der Waals surface area (Å²) in [6, 6.07) is 0. The molecule has 0 aromatic heterocycles. The van der Waals surface area contributed by atoms with E-state index in [0.29, 0.717) is 13.2 Å². The summed E-state index contributed by atoms with van der Waals surface area (Å²) in [6.07, 6.45) is 4.36. The summed E-state index contributed by atoms with van der Waals surface area (Å²) in [5.74, 6) is 2.24. The lowest BCUT2D eigenvalue weighted by Gasteiger charge is -2.13. The quantitative estimate of drug-likeness (QED) is 0.725. The summed E-state index contributed by atoms with van der Waals surface area (Å²) in [5, 5.41) is 2.98. The van der Waals surface area contributed by atoms with Gasteiger partial charge in [-0.2, -0.15) is 0 Å². The number of carbonyl (C=O) groups is 1. The second kappa shape index (κ2) is 5.37. The number of halogens is 1. The molecule has 3 nitrogen and oxygen atoms in total. The van der Waals surface area contributed by atoms with E-state index in [4.69, 9.17) is 16.3 Å². The molecule has 0 aliphatic heterocycles. The highest BCUT2D eigenvalue weighted by molar-refractivity contribution is 6.20. The third-order valence-corrected chi connectivity index (χ3v) is 4.06. The van der Waals surface area contributed by atoms with E-state index in [2.05, 4.69) is 5.32 Å². The second-order valence-corrected chi connectivity index (χ2v) is 5.67. The van der Waals surface area contributed by atoms with Crippen LogP contribution in [0.5, 0.6) is 0 Å². The van der Waals surface area contributed by atoms with Crippen molar-refractivity contribution in [3.05, 3.63) is 0 Å². The standard InChI is InChI=1S/C12H20ClNO2/c1-16-7-11(13)2-3-14-12(15)10-5-8-4-9(8)6-10/h8-11H,2-7H2,1H3,(H,14,15). The fraction of sp³-hybridized carbons (Fsp3) is 0.917. The molecule has 0 saturated heterocycles. The van der Waals surface area contributed by atoms with Gasteiger partial charge in [0.1, 0.15) is 0 Å². The number of hydrogen-bond acceptors (Lipinski definition) is 2. The summed E-state index contributed by atoms with van der Waals surface area (Å²) in [4.78, 5) is 11.8. The monoisotopic (exact) mass is 245 g/mol. The molecule has 0 spiro atoms. The van der Waals surface area contributed by atoms with E-state index < -0.39 is 0 Å². The molecule has 2 aliphatic carbocycles. The fourth-order valence-electron chi connectivity index (χ4n) is 2.69. The third-order valence-electron chi connectivity index (χ3n) is 3.72. The first-order valence-corrected chi connectivity index (χ1v) is 6.55. The topological polar surface area (TPSA) is 38.3 Å². The molecule has 1 N–H and O–H groups in total. The molecule has 16 heavy (non-hydrogen) atoms. The number of hydrogen-bond donors (Lipinski definition) is 1. The van der Waals surface area contributed by atoms with Crippen molar-refractivity contribution in [2.45, 2.75) is 31.1 Å². The van der Waals surface area contributed by atoms with E-state index in [1.165, 1.54) is 6.42 Å². The Bertz CT molecular complexity index is 249. The smallest absolute Gasteiger partial charge is 0.223 e. The molecule has 92 valence electrons. The van der Waals surface area contributed by atoms with E-state index in [9.17, 15) is 4.79 Å². The lowest BCUT2D eigenvalue weighted by Crippen LogP contribution is -2.32. The number of ether oxygens (including phenoxy) is 1. The molecular formula is C12H20ClNO2. The molecule has 0 radical (unpaired) electrons. The Balaban J connectivity index is 1.57. The van der Waals surface area contributed by atoms with Crippen molar-refractivity contribution in [3.8, 4) is 0 Å². The molecule has 0 bridgehead atoms. The van der Waals surface area contributed by atoms with E-state index in [1.54, 1.807) is 7.11 Å². The number of alkyl halides is 1. The number of methoxy groups -OCH3 is 1. The molecule has 0 aromatic rings. The molecule has 2 fully saturated rings. The van der Waals surface area contributed by atoms with E-state index in [1.807, 2.05) is 0 Å². The van der Waals surface area contributed by atoms with E-state index in [0.717, 1.165) is 31.1 Å². The van der Waals surface area contributed by atoms with Gasteiger partial charge in [0.25, 0.3) is 0 Å². The third kappa shape index (κ3) is 3.11. The summed E-state index contributed by atoms with van der Waals surface area (Å²) in [5.41, 5.74) is 0. The maximum atomic E-state index is 11.8. The van der Waals surface area contributed by atoms with Crippen LogP contribution >= 0.6 is 11.6 Å². The zero-order chi connectivity index (χ0) is 11.5. The minimum atomic E-state index is 0.00211. The molecule has 2 aliphatic rings. The Morgan fingerprint density at radius 1 is 1.44 bits per heavy atom. The van der Waals surface area contributed by atoms with Gasteiger partial charge in [-0.1, -0.05) is 0 Å². The van der Waals surface area contributed by atoms with Crippen molar-refractivity contribution in [1.82, 2.24) is 5.32 Å². The zero-order valence-electron chi connectivity index (χ0n) is 9.75. The largest absolute Gasteiger partial charge is 0.383 e. The van der Waals surface area contributed by atoms with Gasteiger partial charge >= 0.3 is 0 Å². The molecule has 3 unspecified atom stereocenters. The Labute approximate surface area is 102 Å². The maximum Gasteiger partial charge on any atom is 0.223 e. The number of carbonyl (C=O) groups excluding carboxylic acids is 1. The summed E-state index contributed by atoms with van der Waals surface area (Å²) in [7, 11) is 1.64. The molecule has 1 amide bonds. The number of rotatable bonds is 6. The first-order chi connectivity index (χ1) is 7.70. The average molecular weight is 246 g/mol. The van der Waals surface area contributed by atoms with Gasteiger partial charge in [0.05, 0.1) is 12.0 Å². The molecule has 2 saturated carbocycles. The molecule has 0 heterocycles. The van der Waals surface area contributed by atoms with Gasteiger partial charge in [-0.15, -0.1) is 11.6 Å². The predicted molar refractivity (Wildman–Crippen MR) is 63.5 cm³/mol. The summed E-state index contributed by atoms with van der Waals surface area (Å²) in [6.45, 7) is 1.22. The van der Waals surface area contributed by atoms with Crippen LogP contribution in [0.25, 0.3) is 0 Å². The SMILES string of the molecule is COCC(Cl)CCNC(=O)C1CC2CC2C1. The van der Waals surface area contributed by atoms with Gasteiger partial charge in [0.15, 0.2) is 0 Å². The number of nitrogens with one attached hydrogen (secondary N) is 1. The molecule has 0 aromatic carbocycles. The van der Waals surface area contributed by atoms with Crippen LogP contribution in [0.15, 0.2) is 0 Å². The number of amides is 1. The predicted octanol–water partition coefficient (Wildman–Crippen LogP) is 1.79. The Hall–Kier alpha value is -0.280. The Morgan fingerprint density at radius 2 is 2.12 bits per heavy atom. The van der Waals surface area contributed by atoms with Gasteiger partial charge in [-0.3, -0.25) is 4.79 Å². The zero-order valence-corrected chi connectivity index (χ0v) is 10.5. The van der Waals surface area contributed by atoms with Gasteiger partial charge in [0.2, 0.25) is 5.91 Å². The average Bonchev–Trinajstić information content (AvgIpc) is 2.86. The molecule has 3 atom stereocenters. The highest BCUT2D eigenvalue weighted by Crippen LogP contribution is 2.54. The highest BCUT2D eigenvalue weighted by Gasteiger charge is 2.47. The van der Waals surface area contributed by atoms with E-state index in [-0.39, 0.29) is 17.2 Å². The van der Waals surface area contributed by atoms with Gasteiger partial charge < -0.3 is 10.1 Å². The Morgan fingerprint density at radius 3 is 2.75 bits per heavy atom. The van der Waals surface area contributed by atoms with Crippen LogP contribution in [0.2, 0.25) is 0 Å². The van der Waals surface area contributed by atoms with Crippen molar-refractivity contribution >= 4 is 17.5 Å². The van der Waals surface area contributed by atoms with Crippen molar-refractivity contribution in [2.75, 3.05) is 20.3 Å². The number of fused-ring (bicyclic) bond motifs is 1. The van der Waals surface area contributed by atoms with Crippen LogP contribution in [-0.2, 0) is 9.53 Å². The minimum Gasteiger partial charge on any atom is -0.383 e. The normalized spacial score (nSPS) is 33.2. The first-order valence-electron chi connectivity index (χ1n) is 6.11. The highest BCUT2D eigenvalue weighted by atomic mass is 35.5. The minimum absolute atomic E-state index is 0.00211. The molecule has 2 rings (SSSR count). The van der Waals surface area contributed by atoms with Crippen LogP contribution in [0.1, 0.15) is 25.7 Å². The summed E-state index contributed by atoms with van der Waals surface area (Å²) >= 11 is 5.98. The Kier molecular flexibility index (Phi) is 4.09. The maximum absolute atomic E-state index is 11.8. The van der Waals surface area contributed by atoms with Gasteiger partial charge in [-0.25, -0.2) is 0 Å². The van der Waals surface area contributed by atoms with Crippen molar-refractivity contribution in [3.63, 3.8) is 0 Å². The van der Waals surface area contributed by atoms with Gasteiger partial charge in [0, 0.05) is 19.6 Å². The second-order valence-electron chi connectivity index (χ2n) is 5.06. The van der Waals surface area contributed by atoms with Crippen molar-refractivity contribution in [1.29, 1.82) is 0 Å².